The zero-order valence-electron chi connectivity index (χ0n) is 9.17. The molecule has 0 saturated carbocycles. The molecule has 1 aromatic rings. The normalized spacial score (nSPS) is 19.1. The van der Waals surface area contributed by atoms with Crippen LogP contribution in [-0.4, -0.2) is 24.6 Å². The van der Waals surface area contributed by atoms with Gasteiger partial charge in [0.25, 0.3) is 0 Å². The van der Waals surface area contributed by atoms with Crippen LogP contribution in [0, 0.1) is 0 Å². The number of ether oxygens (including phenoxy) is 2. The van der Waals surface area contributed by atoms with Crippen molar-refractivity contribution in [3.05, 3.63) is 48.0 Å². The molecule has 0 fully saturated rings. The van der Waals surface area contributed by atoms with Crippen LogP contribution in [0.2, 0.25) is 0 Å². The molecule has 4 nitrogen and oxygen atoms in total. The highest BCUT2D eigenvalue weighted by molar-refractivity contribution is 5.91. The van der Waals surface area contributed by atoms with Crippen LogP contribution in [0.3, 0.4) is 0 Å². The SMILES string of the molecule is O=C1C=C[C@H](OC(=O)Cc2ccccc2)OC1. The van der Waals surface area contributed by atoms with Gasteiger partial charge in [-0.2, -0.15) is 0 Å². The Bertz CT molecular complexity index is 436. The van der Waals surface area contributed by atoms with Crippen molar-refractivity contribution >= 4 is 11.8 Å². The Morgan fingerprint density at radius 2 is 2.12 bits per heavy atom. The third-order valence-corrected chi connectivity index (χ3v) is 2.27. The van der Waals surface area contributed by atoms with Crippen molar-refractivity contribution in [2.24, 2.45) is 0 Å². The van der Waals surface area contributed by atoms with Gasteiger partial charge in [-0.1, -0.05) is 30.3 Å². The van der Waals surface area contributed by atoms with E-state index in [4.69, 9.17) is 9.47 Å². The van der Waals surface area contributed by atoms with Gasteiger partial charge in [-0.15, -0.1) is 0 Å². The molecule has 1 aliphatic rings. The molecule has 17 heavy (non-hydrogen) atoms. The molecular weight excluding hydrogens is 220 g/mol. The van der Waals surface area contributed by atoms with Crippen LogP contribution in [0.4, 0.5) is 0 Å². The lowest BCUT2D eigenvalue weighted by atomic mass is 10.2. The highest BCUT2D eigenvalue weighted by Gasteiger charge is 2.17. The minimum Gasteiger partial charge on any atom is -0.432 e. The molecule has 0 radical (unpaired) electrons. The first-order chi connectivity index (χ1) is 8.24. The minimum atomic E-state index is -0.746. The zero-order valence-corrected chi connectivity index (χ0v) is 9.17. The number of rotatable bonds is 3. The Morgan fingerprint density at radius 1 is 1.35 bits per heavy atom. The predicted octanol–water partition coefficient (Wildman–Crippen LogP) is 1.25. The fraction of sp³-hybridized carbons (Fsp3) is 0.231. The van der Waals surface area contributed by atoms with E-state index in [2.05, 4.69) is 0 Å². The summed E-state index contributed by atoms with van der Waals surface area (Å²) in [5.41, 5.74) is 0.883. The standard InChI is InChI=1S/C13H12O4/c14-11-6-7-13(16-9-11)17-12(15)8-10-4-2-1-3-5-10/h1-7,13H,8-9H2/t13-/m0/s1. The Labute approximate surface area is 98.8 Å². The Kier molecular flexibility index (Phi) is 3.67. The molecule has 0 aromatic heterocycles. The predicted molar refractivity (Wildman–Crippen MR) is 60.1 cm³/mol. The van der Waals surface area contributed by atoms with Gasteiger partial charge in [0.1, 0.15) is 6.61 Å². The van der Waals surface area contributed by atoms with Crippen molar-refractivity contribution in [1.82, 2.24) is 0 Å². The Balaban J connectivity index is 1.86. The lowest BCUT2D eigenvalue weighted by Crippen LogP contribution is -2.26. The lowest BCUT2D eigenvalue weighted by molar-refractivity contribution is -0.171. The van der Waals surface area contributed by atoms with Crippen LogP contribution >= 0.6 is 0 Å². The largest absolute Gasteiger partial charge is 0.432 e. The van der Waals surface area contributed by atoms with Gasteiger partial charge in [0.2, 0.25) is 6.29 Å². The average molecular weight is 232 g/mol. The third-order valence-electron chi connectivity index (χ3n) is 2.27. The third kappa shape index (κ3) is 3.53. The summed E-state index contributed by atoms with van der Waals surface area (Å²) in [7, 11) is 0. The molecule has 0 amide bonds. The number of hydrogen-bond donors (Lipinski definition) is 0. The van der Waals surface area contributed by atoms with Crippen molar-refractivity contribution in [3.8, 4) is 0 Å². The van der Waals surface area contributed by atoms with Crippen molar-refractivity contribution in [2.75, 3.05) is 6.61 Å². The first kappa shape index (κ1) is 11.5. The summed E-state index contributed by atoms with van der Waals surface area (Å²) in [5, 5.41) is 0. The summed E-state index contributed by atoms with van der Waals surface area (Å²) in [6.45, 7) is -0.0419. The Hall–Kier alpha value is -1.94. The molecule has 1 heterocycles. The highest BCUT2D eigenvalue weighted by atomic mass is 16.7. The molecule has 1 aliphatic heterocycles. The number of esters is 1. The quantitative estimate of drug-likeness (QED) is 0.736. The minimum absolute atomic E-state index is 0.0419. The number of carbonyl (C=O) groups excluding carboxylic acids is 2. The number of carbonyl (C=O) groups is 2. The monoisotopic (exact) mass is 232 g/mol. The molecule has 0 saturated heterocycles. The van der Waals surface area contributed by atoms with Crippen LogP contribution in [-0.2, 0) is 25.5 Å². The van der Waals surface area contributed by atoms with Crippen LogP contribution in [0.1, 0.15) is 5.56 Å². The molecular formula is C13H12O4. The van der Waals surface area contributed by atoms with E-state index in [0.29, 0.717) is 0 Å². The van der Waals surface area contributed by atoms with E-state index in [1.165, 1.54) is 12.2 Å². The van der Waals surface area contributed by atoms with Crippen molar-refractivity contribution in [2.45, 2.75) is 12.7 Å². The van der Waals surface area contributed by atoms with Gasteiger partial charge in [0, 0.05) is 0 Å². The van der Waals surface area contributed by atoms with Crippen LogP contribution < -0.4 is 0 Å². The van der Waals surface area contributed by atoms with Crippen molar-refractivity contribution in [3.63, 3.8) is 0 Å². The highest BCUT2D eigenvalue weighted by Crippen LogP contribution is 2.07. The van der Waals surface area contributed by atoms with E-state index >= 15 is 0 Å². The van der Waals surface area contributed by atoms with Gasteiger partial charge < -0.3 is 9.47 Å². The number of benzene rings is 1. The van der Waals surface area contributed by atoms with E-state index in [1.807, 2.05) is 30.3 Å². The Morgan fingerprint density at radius 3 is 2.76 bits per heavy atom. The molecule has 0 spiro atoms. The number of hydrogen-bond acceptors (Lipinski definition) is 4. The van der Waals surface area contributed by atoms with Gasteiger partial charge in [-0.25, -0.2) is 0 Å². The average Bonchev–Trinajstić information content (AvgIpc) is 2.33. The molecule has 4 heteroatoms. The smallest absolute Gasteiger partial charge is 0.312 e. The van der Waals surface area contributed by atoms with Gasteiger partial charge in [0.15, 0.2) is 5.78 Å². The van der Waals surface area contributed by atoms with Gasteiger partial charge in [-0.3, -0.25) is 9.59 Å². The molecule has 1 atom stereocenters. The van der Waals surface area contributed by atoms with Gasteiger partial charge in [0.05, 0.1) is 6.42 Å². The second kappa shape index (κ2) is 5.41. The second-order valence-corrected chi connectivity index (χ2v) is 3.66. The maximum atomic E-state index is 11.5. The molecule has 88 valence electrons. The summed E-state index contributed by atoms with van der Waals surface area (Å²) < 4.78 is 10.1. The summed E-state index contributed by atoms with van der Waals surface area (Å²) in [5.74, 6) is -0.499. The van der Waals surface area contributed by atoms with E-state index in [1.54, 1.807) is 0 Å². The lowest BCUT2D eigenvalue weighted by Gasteiger charge is -2.17. The molecule has 2 rings (SSSR count). The van der Waals surface area contributed by atoms with E-state index in [0.717, 1.165) is 5.56 Å². The maximum Gasteiger partial charge on any atom is 0.312 e. The summed E-state index contributed by atoms with van der Waals surface area (Å²) in [4.78, 5) is 22.4. The fourth-order valence-corrected chi connectivity index (χ4v) is 1.46. The first-order valence-corrected chi connectivity index (χ1v) is 5.30. The van der Waals surface area contributed by atoms with E-state index < -0.39 is 6.29 Å². The summed E-state index contributed by atoms with van der Waals surface area (Å²) in [6.07, 6.45) is 2.25. The maximum absolute atomic E-state index is 11.5. The molecule has 1 aromatic carbocycles. The molecule has 0 aliphatic carbocycles. The zero-order chi connectivity index (χ0) is 12.1. The van der Waals surface area contributed by atoms with Crippen LogP contribution in [0.25, 0.3) is 0 Å². The topological polar surface area (TPSA) is 52.6 Å². The molecule has 0 bridgehead atoms. The van der Waals surface area contributed by atoms with Crippen molar-refractivity contribution in [1.29, 1.82) is 0 Å². The van der Waals surface area contributed by atoms with E-state index in [-0.39, 0.29) is 24.8 Å². The summed E-state index contributed by atoms with van der Waals surface area (Å²) in [6, 6.07) is 9.30. The van der Waals surface area contributed by atoms with Crippen LogP contribution in [0.15, 0.2) is 42.5 Å². The number of ketones is 1. The first-order valence-electron chi connectivity index (χ1n) is 5.30. The second-order valence-electron chi connectivity index (χ2n) is 3.66. The molecule has 0 unspecified atom stereocenters. The van der Waals surface area contributed by atoms with Gasteiger partial charge >= 0.3 is 5.97 Å². The summed E-state index contributed by atoms with van der Waals surface area (Å²) >= 11 is 0. The van der Waals surface area contributed by atoms with Gasteiger partial charge in [-0.05, 0) is 17.7 Å². The van der Waals surface area contributed by atoms with Crippen molar-refractivity contribution < 1.29 is 19.1 Å². The fourth-order valence-electron chi connectivity index (χ4n) is 1.46. The molecule has 0 N–H and O–H groups in total. The van der Waals surface area contributed by atoms with Crippen LogP contribution in [0.5, 0.6) is 0 Å². The van der Waals surface area contributed by atoms with E-state index in [9.17, 15) is 9.59 Å².